The molecule has 0 atom stereocenters. The van der Waals surface area contributed by atoms with Crippen molar-refractivity contribution in [2.75, 3.05) is 26.2 Å². The van der Waals surface area contributed by atoms with Crippen LogP contribution >= 0.6 is 11.3 Å². The summed E-state index contributed by atoms with van der Waals surface area (Å²) < 4.78 is 29.6. The highest BCUT2D eigenvalue weighted by Gasteiger charge is 2.34. The Morgan fingerprint density at radius 2 is 1.79 bits per heavy atom. The Hall–Kier alpha value is -2.56. The normalized spacial score (nSPS) is 15.6. The van der Waals surface area contributed by atoms with Gasteiger partial charge >= 0.3 is 0 Å². The van der Waals surface area contributed by atoms with E-state index in [0.29, 0.717) is 29.2 Å². The van der Waals surface area contributed by atoms with E-state index in [1.54, 1.807) is 36.5 Å². The molecule has 1 aliphatic heterocycles. The minimum atomic E-state index is -3.74. The number of sulfonamides is 1. The number of carbonyl (C=O) groups is 1. The Morgan fingerprint density at radius 1 is 1.10 bits per heavy atom. The average Bonchev–Trinajstić information content (AvgIpc) is 3.34. The largest absolute Gasteiger partial charge is 0.335 e. The van der Waals surface area contributed by atoms with Gasteiger partial charge in [-0.2, -0.15) is 9.40 Å². The van der Waals surface area contributed by atoms with E-state index < -0.39 is 10.0 Å². The van der Waals surface area contributed by atoms with E-state index in [1.165, 1.54) is 26.5 Å². The predicted molar refractivity (Wildman–Crippen MR) is 110 cm³/mol. The third kappa shape index (κ3) is 3.70. The number of nitrogens with zero attached hydrogens (tertiary/aromatic N) is 5. The van der Waals surface area contributed by atoms with Crippen LogP contribution in [0.1, 0.15) is 15.2 Å². The van der Waals surface area contributed by atoms with Gasteiger partial charge in [-0.05, 0) is 36.1 Å². The van der Waals surface area contributed by atoms with Gasteiger partial charge in [-0.1, -0.05) is 0 Å². The number of aromatic nitrogens is 3. The summed E-state index contributed by atoms with van der Waals surface area (Å²) in [6, 6.07) is 5.39. The topological polar surface area (TPSA) is 88.4 Å². The van der Waals surface area contributed by atoms with Crippen LogP contribution in [0.2, 0.25) is 0 Å². The Balaban J connectivity index is 1.55. The molecule has 0 radical (unpaired) electrons. The molecule has 8 nitrogen and oxygen atoms in total. The van der Waals surface area contributed by atoms with Gasteiger partial charge in [0, 0.05) is 57.4 Å². The van der Waals surface area contributed by atoms with Crippen LogP contribution in [0.4, 0.5) is 0 Å². The van der Waals surface area contributed by atoms with Crippen LogP contribution in [0.3, 0.4) is 0 Å². The number of rotatable bonds is 4. The van der Waals surface area contributed by atoms with Crippen molar-refractivity contribution in [1.29, 1.82) is 0 Å². The molecular weight excluding hydrogens is 410 g/mol. The van der Waals surface area contributed by atoms with Crippen molar-refractivity contribution < 1.29 is 13.2 Å². The summed E-state index contributed by atoms with van der Waals surface area (Å²) in [5.74, 6) is -0.0339. The van der Waals surface area contributed by atoms with Crippen molar-refractivity contribution in [3.8, 4) is 11.3 Å². The molecule has 3 aromatic heterocycles. The molecule has 0 spiro atoms. The monoisotopic (exact) mass is 431 g/mol. The highest BCUT2D eigenvalue weighted by atomic mass is 32.2. The maximum Gasteiger partial charge on any atom is 0.264 e. The lowest BCUT2D eigenvalue weighted by Gasteiger charge is -2.33. The second kappa shape index (κ2) is 7.69. The summed E-state index contributed by atoms with van der Waals surface area (Å²) in [7, 11) is -2.04. The first-order valence-corrected chi connectivity index (χ1v) is 11.5. The van der Waals surface area contributed by atoms with E-state index in [4.69, 9.17) is 0 Å². The number of hydrogen-bond acceptors (Lipinski definition) is 6. The van der Waals surface area contributed by atoms with Gasteiger partial charge in [0.15, 0.2) is 0 Å². The van der Waals surface area contributed by atoms with Crippen LogP contribution in [0.5, 0.6) is 0 Å². The fourth-order valence-electron chi connectivity index (χ4n) is 3.37. The molecule has 4 heterocycles. The molecule has 152 valence electrons. The van der Waals surface area contributed by atoms with Crippen molar-refractivity contribution in [2.24, 2.45) is 7.05 Å². The minimum Gasteiger partial charge on any atom is -0.335 e. The summed E-state index contributed by atoms with van der Waals surface area (Å²) in [6.45, 7) is 3.14. The molecule has 0 N–H and O–H groups in total. The SMILES string of the molecule is Cc1ccsc1C(=O)N1CCN(S(=O)(=O)c2cn(C)nc2-c2ccncc2)CC1. The fraction of sp³-hybridized carbons (Fsp3) is 0.316. The second-order valence-electron chi connectivity index (χ2n) is 6.88. The zero-order chi connectivity index (χ0) is 20.6. The van der Waals surface area contributed by atoms with Gasteiger partial charge < -0.3 is 4.90 Å². The van der Waals surface area contributed by atoms with E-state index in [-0.39, 0.29) is 23.9 Å². The Kier molecular flexibility index (Phi) is 5.24. The van der Waals surface area contributed by atoms with Gasteiger partial charge in [0.25, 0.3) is 5.91 Å². The quantitative estimate of drug-likeness (QED) is 0.630. The summed E-state index contributed by atoms with van der Waals surface area (Å²) in [6.07, 6.45) is 4.74. The zero-order valence-electron chi connectivity index (χ0n) is 16.1. The van der Waals surface area contributed by atoms with E-state index in [1.807, 2.05) is 18.4 Å². The lowest BCUT2D eigenvalue weighted by Crippen LogP contribution is -2.50. The zero-order valence-corrected chi connectivity index (χ0v) is 17.8. The van der Waals surface area contributed by atoms with Crippen molar-refractivity contribution in [1.82, 2.24) is 24.0 Å². The van der Waals surface area contributed by atoms with Crippen LogP contribution in [0, 0.1) is 6.92 Å². The van der Waals surface area contributed by atoms with Gasteiger partial charge in [-0.25, -0.2) is 8.42 Å². The number of amides is 1. The maximum atomic E-state index is 13.3. The first kappa shape index (κ1) is 19.7. The first-order chi connectivity index (χ1) is 13.9. The first-order valence-electron chi connectivity index (χ1n) is 9.15. The lowest BCUT2D eigenvalue weighted by atomic mass is 10.2. The third-order valence-electron chi connectivity index (χ3n) is 4.95. The maximum absolute atomic E-state index is 13.3. The van der Waals surface area contributed by atoms with Gasteiger partial charge in [0.2, 0.25) is 10.0 Å². The van der Waals surface area contributed by atoms with E-state index in [0.717, 1.165) is 5.56 Å². The van der Waals surface area contributed by atoms with Crippen LogP contribution in [0.25, 0.3) is 11.3 Å². The lowest BCUT2D eigenvalue weighted by molar-refractivity contribution is 0.0702. The predicted octanol–water partition coefficient (Wildman–Crippen LogP) is 2.00. The molecule has 0 aromatic carbocycles. The second-order valence-corrected chi connectivity index (χ2v) is 9.70. The van der Waals surface area contributed by atoms with Crippen molar-refractivity contribution in [3.05, 3.63) is 52.6 Å². The highest BCUT2D eigenvalue weighted by Crippen LogP contribution is 2.28. The minimum absolute atomic E-state index is 0.0339. The van der Waals surface area contributed by atoms with Crippen LogP contribution < -0.4 is 0 Å². The van der Waals surface area contributed by atoms with Gasteiger partial charge in [0.05, 0.1) is 4.88 Å². The molecule has 4 rings (SSSR count). The molecule has 0 aliphatic carbocycles. The Morgan fingerprint density at radius 3 is 2.41 bits per heavy atom. The molecule has 0 bridgehead atoms. The van der Waals surface area contributed by atoms with E-state index in [2.05, 4.69) is 10.1 Å². The van der Waals surface area contributed by atoms with E-state index >= 15 is 0 Å². The molecule has 29 heavy (non-hydrogen) atoms. The Labute approximate surface area is 173 Å². The number of thiophene rings is 1. The summed E-state index contributed by atoms with van der Waals surface area (Å²) in [5, 5.41) is 6.24. The number of carbonyl (C=O) groups excluding carboxylic acids is 1. The standard InChI is InChI=1S/C19H21N5O3S2/c1-14-5-12-28-18(14)19(25)23-8-10-24(11-9-23)29(26,27)16-13-22(2)21-17(16)15-3-6-20-7-4-15/h3-7,12-13H,8-11H2,1-2H3. The summed E-state index contributed by atoms with van der Waals surface area (Å²) in [4.78, 5) is 19.3. The number of piperazine rings is 1. The molecule has 1 amide bonds. The van der Waals surface area contributed by atoms with Crippen molar-refractivity contribution in [2.45, 2.75) is 11.8 Å². The number of pyridine rings is 1. The smallest absolute Gasteiger partial charge is 0.264 e. The number of hydrogen-bond donors (Lipinski definition) is 0. The molecule has 1 fully saturated rings. The third-order valence-corrected chi connectivity index (χ3v) is 7.85. The van der Waals surface area contributed by atoms with Crippen molar-refractivity contribution >= 4 is 27.3 Å². The van der Waals surface area contributed by atoms with Crippen LogP contribution in [0.15, 0.2) is 47.1 Å². The highest BCUT2D eigenvalue weighted by molar-refractivity contribution is 7.89. The molecular formula is C19H21N5O3S2. The molecule has 1 saturated heterocycles. The average molecular weight is 432 g/mol. The van der Waals surface area contributed by atoms with Crippen molar-refractivity contribution in [3.63, 3.8) is 0 Å². The van der Waals surface area contributed by atoms with Gasteiger partial charge in [-0.15, -0.1) is 11.3 Å². The molecule has 10 heteroatoms. The Bertz CT molecular complexity index is 1130. The molecule has 0 unspecified atom stereocenters. The summed E-state index contributed by atoms with van der Waals surface area (Å²) >= 11 is 1.42. The molecule has 1 aliphatic rings. The molecule has 3 aromatic rings. The fourth-order valence-corrected chi connectivity index (χ4v) is 5.87. The van der Waals surface area contributed by atoms with Gasteiger partial charge in [0.1, 0.15) is 10.6 Å². The van der Waals surface area contributed by atoms with Crippen LogP contribution in [-0.2, 0) is 17.1 Å². The number of aryl methyl sites for hydroxylation is 2. The van der Waals surface area contributed by atoms with Crippen LogP contribution in [-0.4, -0.2) is 64.5 Å². The van der Waals surface area contributed by atoms with Gasteiger partial charge in [-0.3, -0.25) is 14.5 Å². The summed E-state index contributed by atoms with van der Waals surface area (Å²) in [5.41, 5.74) is 2.05. The van der Waals surface area contributed by atoms with E-state index in [9.17, 15) is 13.2 Å². The molecule has 0 saturated carbocycles.